The summed E-state index contributed by atoms with van der Waals surface area (Å²) in [5.41, 5.74) is 1.28. The van der Waals surface area contributed by atoms with Gasteiger partial charge in [-0.25, -0.2) is 4.98 Å². The van der Waals surface area contributed by atoms with Crippen LogP contribution in [0.2, 0.25) is 0 Å². The van der Waals surface area contributed by atoms with E-state index < -0.39 is 0 Å². The second kappa shape index (κ2) is 6.75. The van der Waals surface area contributed by atoms with Gasteiger partial charge in [-0.2, -0.15) is 0 Å². The van der Waals surface area contributed by atoms with Gasteiger partial charge in [-0.15, -0.1) is 0 Å². The van der Waals surface area contributed by atoms with Crippen LogP contribution in [0.25, 0.3) is 0 Å². The van der Waals surface area contributed by atoms with Crippen molar-refractivity contribution in [2.75, 3.05) is 6.54 Å². The highest BCUT2D eigenvalue weighted by atomic mass is 16.3. The number of hydrogen-bond acceptors (Lipinski definition) is 3. The molecule has 4 nitrogen and oxygen atoms in total. The zero-order valence-electron chi connectivity index (χ0n) is 12.9. The van der Waals surface area contributed by atoms with Gasteiger partial charge in [0, 0.05) is 37.5 Å². The van der Waals surface area contributed by atoms with E-state index in [1.165, 1.54) is 5.56 Å². The van der Waals surface area contributed by atoms with Crippen LogP contribution >= 0.6 is 0 Å². The molecule has 0 saturated carbocycles. The number of aryl methyl sites for hydroxylation is 4. The van der Waals surface area contributed by atoms with E-state index in [4.69, 9.17) is 4.42 Å². The van der Waals surface area contributed by atoms with Crippen LogP contribution in [0.3, 0.4) is 0 Å². The topological polar surface area (TPSA) is 43.0 Å². The summed E-state index contributed by atoms with van der Waals surface area (Å²) < 4.78 is 7.76. The van der Waals surface area contributed by atoms with Gasteiger partial charge in [0.25, 0.3) is 0 Å². The van der Waals surface area contributed by atoms with Crippen LogP contribution in [0, 0.1) is 13.8 Å². The van der Waals surface area contributed by atoms with Crippen LogP contribution in [-0.2, 0) is 13.5 Å². The van der Waals surface area contributed by atoms with Gasteiger partial charge in [-0.1, -0.05) is 6.92 Å². The molecule has 0 bridgehead atoms. The van der Waals surface area contributed by atoms with Crippen molar-refractivity contribution in [3.8, 4) is 0 Å². The van der Waals surface area contributed by atoms with E-state index in [1.54, 1.807) is 0 Å². The summed E-state index contributed by atoms with van der Waals surface area (Å²) in [4.78, 5) is 4.40. The summed E-state index contributed by atoms with van der Waals surface area (Å²) in [6.45, 7) is 7.26. The van der Waals surface area contributed by atoms with E-state index >= 15 is 0 Å². The van der Waals surface area contributed by atoms with Gasteiger partial charge < -0.3 is 14.3 Å². The number of nitrogens with one attached hydrogen (secondary N) is 1. The number of hydrogen-bond donors (Lipinski definition) is 1. The summed E-state index contributed by atoms with van der Waals surface area (Å²) in [6, 6.07) is 2.49. The van der Waals surface area contributed by atoms with Crippen molar-refractivity contribution in [2.45, 2.75) is 46.1 Å². The number of rotatable bonds is 7. The largest absolute Gasteiger partial charge is 0.466 e. The van der Waals surface area contributed by atoms with E-state index in [9.17, 15) is 0 Å². The van der Waals surface area contributed by atoms with Gasteiger partial charge >= 0.3 is 0 Å². The fourth-order valence-electron chi connectivity index (χ4n) is 2.59. The molecule has 1 N–H and O–H groups in total. The van der Waals surface area contributed by atoms with Crippen LogP contribution < -0.4 is 5.32 Å². The quantitative estimate of drug-likeness (QED) is 0.843. The fourth-order valence-corrected chi connectivity index (χ4v) is 2.59. The molecule has 0 aromatic carbocycles. The van der Waals surface area contributed by atoms with Gasteiger partial charge in [0.2, 0.25) is 0 Å². The summed E-state index contributed by atoms with van der Waals surface area (Å²) in [5.74, 6) is 3.14. The van der Waals surface area contributed by atoms with Crippen LogP contribution in [0.15, 0.2) is 22.9 Å². The van der Waals surface area contributed by atoms with Gasteiger partial charge in [0.05, 0.1) is 0 Å². The second-order valence-corrected chi connectivity index (χ2v) is 5.37. The summed E-state index contributed by atoms with van der Waals surface area (Å²) >= 11 is 0. The monoisotopic (exact) mass is 275 g/mol. The van der Waals surface area contributed by atoms with Crippen molar-refractivity contribution in [3.63, 3.8) is 0 Å². The lowest BCUT2D eigenvalue weighted by Gasteiger charge is -2.18. The summed E-state index contributed by atoms with van der Waals surface area (Å²) in [7, 11) is 2.05. The molecule has 0 saturated heterocycles. The Balaban J connectivity index is 2.07. The molecule has 110 valence electrons. The Labute approximate surface area is 121 Å². The molecular weight excluding hydrogens is 250 g/mol. The Bertz CT molecular complexity index is 542. The summed E-state index contributed by atoms with van der Waals surface area (Å²) in [5, 5.41) is 3.62. The lowest BCUT2D eigenvalue weighted by Crippen LogP contribution is -2.23. The van der Waals surface area contributed by atoms with Crippen molar-refractivity contribution in [1.29, 1.82) is 0 Å². The highest BCUT2D eigenvalue weighted by molar-refractivity contribution is 5.24. The maximum absolute atomic E-state index is 5.68. The minimum Gasteiger partial charge on any atom is -0.466 e. The molecule has 0 aliphatic carbocycles. The van der Waals surface area contributed by atoms with E-state index in [-0.39, 0.29) is 0 Å². The Morgan fingerprint density at radius 3 is 2.75 bits per heavy atom. The van der Waals surface area contributed by atoms with Crippen molar-refractivity contribution in [1.82, 2.24) is 14.9 Å². The highest BCUT2D eigenvalue weighted by Gasteiger charge is 2.17. The van der Waals surface area contributed by atoms with Crippen LogP contribution in [-0.4, -0.2) is 16.1 Å². The molecule has 2 aromatic rings. The Morgan fingerprint density at radius 2 is 2.20 bits per heavy atom. The molecule has 1 unspecified atom stereocenters. The third-order valence-corrected chi connectivity index (χ3v) is 3.67. The fraction of sp³-hybridized carbons (Fsp3) is 0.562. The highest BCUT2D eigenvalue weighted by Crippen LogP contribution is 2.25. The first-order valence-corrected chi connectivity index (χ1v) is 7.38. The van der Waals surface area contributed by atoms with Gasteiger partial charge in [0.1, 0.15) is 17.3 Å². The lowest BCUT2D eigenvalue weighted by atomic mass is 10.0. The minimum atomic E-state index is 0.337. The van der Waals surface area contributed by atoms with Crippen LogP contribution in [0.5, 0.6) is 0 Å². The third kappa shape index (κ3) is 3.51. The zero-order chi connectivity index (χ0) is 14.5. The Morgan fingerprint density at radius 1 is 1.40 bits per heavy atom. The molecule has 0 aliphatic heterocycles. The van der Waals surface area contributed by atoms with Gasteiger partial charge in [-0.05, 0) is 39.3 Å². The average molecular weight is 275 g/mol. The summed E-state index contributed by atoms with van der Waals surface area (Å²) in [6.07, 6.45) is 6.99. The molecule has 2 rings (SSSR count). The molecule has 0 spiro atoms. The predicted octanol–water partition coefficient (Wildman–Crippen LogP) is 3.30. The molecule has 0 aliphatic rings. The molecule has 4 heteroatoms. The number of furan rings is 1. The Hall–Kier alpha value is -1.55. The predicted molar refractivity (Wildman–Crippen MR) is 80.7 cm³/mol. The average Bonchev–Trinajstić information content (AvgIpc) is 2.96. The maximum Gasteiger partial charge on any atom is 0.108 e. The number of nitrogens with zero attached hydrogens (tertiary/aromatic N) is 2. The van der Waals surface area contributed by atoms with Crippen molar-refractivity contribution >= 4 is 0 Å². The molecule has 2 heterocycles. The zero-order valence-corrected chi connectivity index (χ0v) is 12.9. The first kappa shape index (κ1) is 14.9. The van der Waals surface area contributed by atoms with E-state index in [1.807, 2.05) is 33.3 Å². The third-order valence-electron chi connectivity index (χ3n) is 3.67. The van der Waals surface area contributed by atoms with Crippen molar-refractivity contribution in [3.05, 3.63) is 41.4 Å². The second-order valence-electron chi connectivity index (χ2n) is 5.37. The molecule has 0 amide bonds. The van der Waals surface area contributed by atoms with Gasteiger partial charge in [0.15, 0.2) is 0 Å². The molecule has 1 atom stereocenters. The standard InChI is InChI=1S/C16H25N3O/c1-5-8-17-15(14-11-12(2)20-13(14)3)6-7-16-18-9-10-19(16)4/h9-11,15,17H,5-8H2,1-4H3. The molecule has 0 fully saturated rings. The SMILES string of the molecule is CCCNC(CCc1nccn1C)c1cc(C)oc1C. The lowest BCUT2D eigenvalue weighted by molar-refractivity contribution is 0.464. The van der Waals surface area contributed by atoms with Crippen LogP contribution in [0.1, 0.15) is 48.7 Å². The molecule has 0 radical (unpaired) electrons. The van der Waals surface area contributed by atoms with Crippen molar-refractivity contribution < 1.29 is 4.42 Å². The molecule has 2 aromatic heterocycles. The molecular formula is C16H25N3O. The van der Waals surface area contributed by atoms with Crippen LogP contribution in [0.4, 0.5) is 0 Å². The van der Waals surface area contributed by atoms with Gasteiger partial charge in [-0.3, -0.25) is 0 Å². The Kier molecular flexibility index (Phi) is 5.01. The first-order valence-electron chi connectivity index (χ1n) is 7.38. The first-order chi connectivity index (χ1) is 9.61. The molecule has 20 heavy (non-hydrogen) atoms. The van der Waals surface area contributed by atoms with Crippen molar-refractivity contribution in [2.24, 2.45) is 7.05 Å². The number of imidazole rings is 1. The van der Waals surface area contributed by atoms with E-state index in [0.717, 1.165) is 43.2 Å². The minimum absolute atomic E-state index is 0.337. The normalized spacial score (nSPS) is 12.8. The van der Waals surface area contributed by atoms with E-state index in [0.29, 0.717) is 6.04 Å². The number of aromatic nitrogens is 2. The maximum atomic E-state index is 5.68. The van der Waals surface area contributed by atoms with E-state index in [2.05, 4.69) is 27.9 Å². The smallest absolute Gasteiger partial charge is 0.108 e.